The molecule has 11 aromatic rings. The monoisotopic (exact) mass is 739 g/mol. The van der Waals surface area contributed by atoms with Crippen LogP contribution in [-0.2, 0) is 5.41 Å². The summed E-state index contributed by atoms with van der Waals surface area (Å²) in [7, 11) is 0. The van der Waals surface area contributed by atoms with Crippen LogP contribution < -0.4 is 0 Å². The van der Waals surface area contributed by atoms with Crippen molar-refractivity contribution in [2.24, 2.45) is 0 Å². The maximum Gasteiger partial charge on any atom is 0.0979 e. The van der Waals surface area contributed by atoms with Crippen molar-refractivity contribution < 1.29 is 0 Å². The first-order chi connectivity index (χ1) is 28.5. The van der Waals surface area contributed by atoms with Gasteiger partial charge in [0, 0.05) is 38.2 Å². The number of rotatable bonds is 4. The second kappa shape index (κ2) is 12.3. The van der Waals surface area contributed by atoms with Gasteiger partial charge in [-0.05, 0) is 91.7 Å². The van der Waals surface area contributed by atoms with Gasteiger partial charge in [0.1, 0.15) is 0 Å². The second-order valence-electron chi connectivity index (χ2n) is 16.2. The third-order valence-corrected chi connectivity index (χ3v) is 12.6. The van der Waals surface area contributed by atoms with E-state index in [1.165, 1.54) is 77.1 Å². The Kier molecular flexibility index (Phi) is 6.98. The molecule has 3 heteroatoms. The molecule has 2 heterocycles. The molecule has 0 atom stereocenters. The van der Waals surface area contributed by atoms with E-state index in [1.807, 2.05) is 6.20 Å². The summed E-state index contributed by atoms with van der Waals surface area (Å²) < 4.78 is 2.40. The highest BCUT2D eigenvalue weighted by Crippen LogP contribution is 2.51. The van der Waals surface area contributed by atoms with Crippen molar-refractivity contribution in [3.63, 3.8) is 0 Å². The van der Waals surface area contributed by atoms with Crippen LogP contribution in [0, 0.1) is 0 Å². The largest absolute Gasteiger partial charge is 0.309 e. The fraction of sp³-hybridized carbons (Fsp3) is 0.0545. The van der Waals surface area contributed by atoms with E-state index in [0.29, 0.717) is 0 Å². The van der Waals surface area contributed by atoms with E-state index in [0.717, 1.165) is 38.8 Å². The lowest BCUT2D eigenvalue weighted by molar-refractivity contribution is 0.661. The smallest absolute Gasteiger partial charge is 0.0979 e. The number of hydrogen-bond acceptors (Lipinski definition) is 2. The SMILES string of the molecule is CC1(C)c2cc(-c3cnc4c5ccccc5c5ccccc5c4n3)ccc2-c2ccc(-c3ccccc3-c3ccc4c5ccccc5n(-c5ccccc5)c4c3)cc21. The van der Waals surface area contributed by atoms with Crippen LogP contribution >= 0.6 is 0 Å². The van der Waals surface area contributed by atoms with Gasteiger partial charge in [-0.2, -0.15) is 0 Å². The second-order valence-corrected chi connectivity index (χ2v) is 16.2. The molecule has 0 spiro atoms. The van der Waals surface area contributed by atoms with Crippen LogP contribution in [0.4, 0.5) is 0 Å². The van der Waals surface area contributed by atoms with Gasteiger partial charge < -0.3 is 4.57 Å². The fourth-order valence-corrected chi connectivity index (χ4v) is 9.81. The molecule has 58 heavy (non-hydrogen) atoms. The van der Waals surface area contributed by atoms with E-state index >= 15 is 0 Å². The lowest BCUT2D eigenvalue weighted by atomic mass is 9.80. The number of hydrogen-bond donors (Lipinski definition) is 0. The van der Waals surface area contributed by atoms with Gasteiger partial charge in [-0.15, -0.1) is 0 Å². The molecule has 2 aromatic heterocycles. The van der Waals surface area contributed by atoms with Gasteiger partial charge >= 0.3 is 0 Å². The highest BCUT2D eigenvalue weighted by Gasteiger charge is 2.36. The summed E-state index contributed by atoms with van der Waals surface area (Å²) in [5.41, 5.74) is 17.3. The number of nitrogens with zero attached hydrogens (tertiary/aromatic N) is 3. The summed E-state index contributed by atoms with van der Waals surface area (Å²) in [4.78, 5) is 10.4. The standard InChI is InChI=1S/C55H37N3/c1-55(2)48-30-34(38-16-6-7-17-39(38)35-25-29-45-44-20-12-13-23-51(44)58(52(45)32-35)37-14-4-3-5-15-37)24-27-42(48)43-28-26-36(31-49(43)55)50-33-56-53-46-21-10-8-18-40(46)41-19-9-11-22-47(41)54(53)57-50/h3-33H,1-2H3. The van der Waals surface area contributed by atoms with Crippen molar-refractivity contribution in [1.82, 2.24) is 14.5 Å². The van der Waals surface area contributed by atoms with Crippen molar-refractivity contribution in [3.8, 4) is 50.3 Å². The highest BCUT2D eigenvalue weighted by molar-refractivity contribution is 6.23. The number of fused-ring (bicyclic) bond motifs is 12. The van der Waals surface area contributed by atoms with Crippen LogP contribution in [0.5, 0.6) is 0 Å². The van der Waals surface area contributed by atoms with E-state index in [1.54, 1.807) is 0 Å². The number of aromatic nitrogens is 3. The van der Waals surface area contributed by atoms with Crippen LogP contribution in [0.2, 0.25) is 0 Å². The maximum absolute atomic E-state index is 5.33. The van der Waals surface area contributed by atoms with Gasteiger partial charge in [0.05, 0.1) is 34.0 Å². The Morgan fingerprint density at radius 1 is 0.397 bits per heavy atom. The summed E-state index contributed by atoms with van der Waals surface area (Å²) in [6.07, 6.45) is 1.95. The Bertz CT molecular complexity index is 3450. The molecular weight excluding hydrogens is 703 g/mol. The summed E-state index contributed by atoms with van der Waals surface area (Å²) in [5.74, 6) is 0. The quantitative estimate of drug-likeness (QED) is 0.168. The van der Waals surface area contributed by atoms with Crippen LogP contribution in [0.3, 0.4) is 0 Å². The zero-order valence-electron chi connectivity index (χ0n) is 32.2. The predicted octanol–water partition coefficient (Wildman–Crippen LogP) is 14.3. The molecule has 0 unspecified atom stereocenters. The van der Waals surface area contributed by atoms with E-state index in [9.17, 15) is 0 Å². The van der Waals surface area contributed by atoms with Crippen LogP contribution in [0.15, 0.2) is 188 Å². The first-order valence-electron chi connectivity index (χ1n) is 20.1. The lowest BCUT2D eigenvalue weighted by Gasteiger charge is -2.23. The molecule has 9 aromatic carbocycles. The minimum atomic E-state index is -0.214. The molecular formula is C55H37N3. The molecule has 3 nitrogen and oxygen atoms in total. The summed E-state index contributed by atoms with van der Waals surface area (Å²) in [6.45, 7) is 4.72. The Labute approximate surface area is 336 Å². The Morgan fingerprint density at radius 2 is 0.914 bits per heavy atom. The predicted molar refractivity (Wildman–Crippen MR) is 243 cm³/mol. The van der Waals surface area contributed by atoms with Gasteiger partial charge in [0.25, 0.3) is 0 Å². The average Bonchev–Trinajstić information content (AvgIpc) is 3.73. The highest BCUT2D eigenvalue weighted by atomic mass is 15.0. The van der Waals surface area contributed by atoms with Crippen molar-refractivity contribution >= 4 is 54.4 Å². The topological polar surface area (TPSA) is 30.7 Å². The van der Waals surface area contributed by atoms with Crippen LogP contribution in [-0.4, -0.2) is 14.5 Å². The molecule has 1 aliphatic carbocycles. The summed E-state index contributed by atoms with van der Waals surface area (Å²) in [5, 5.41) is 7.20. The molecule has 0 bridgehead atoms. The molecule has 12 rings (SSSR count). The van der Waals surface area contributed by atoms with Crippen molar-refractivity contribution in [2.75, 3.05) is 0 Å². The third-order valence-electron chi connectivity index (χ3n) is 12.6. The fourth-order valence-electron chi connectivity index (χ4n) is 9.81. The van der Waals surface area contributed by atoms with Gasteiger partial charge in [0.2, 0.25) is 0 Å². The molecule has 0 N–H and O–H groups in total. The maximum atomic E-state index is 5.33. The lowest BCUT2D eigenvalue weighted by Crippen LogP contribution is -2.15. The molecule has 0 fully saturated rings. The summed E-state index contributed by atoms with van der Waals surface area (Å²) >= 11 is 0. The Hall–Kier alpha value is -7.36. The first kappa shape index (κ1) is 32.8. The molecule has 0 aliphatic heterocycles. The molecule has 272 valence electrons. The normalized spacial score (nSPS) is 13.1. The van der Waals surface area contributed by atoms with Gasteiger partial charge in [-0.25, -0.2) is 4.98 Å². The van der Waals surface area contributed by atoms with Crippen molar-refractivity contribution in [3.05, 3.63) is 199 Å². The number of benzene rings is 9. The Balaban J connectivity index is 0.953. The van der Waals surface area contributed by atoms with Crippen molar-refractivity contribution in [1.29, 1.82) is 0 Å². The summed E-state index contributed by atoms with van der Waals surface area (Å²) in [6, 6.07) is 66.2. The minimum Gasteiger partial charge on any atom is -0.309 e. The minimum absolute atomic E-state index is 0.214. The van der Waals surface area contributed by atoms with E-state index in [4.69, 9.17) is 9.97 Å². The third kappa shape index (κ3) is 4.74. The zero-order chi connectivity index (χ0) is 38.5. The van der Waals surface area contributed by atoms with E-state index in [-0.39, 0.29) is 5.41 Å². The molecule has 0 saturated carbocycles. The molecule has 0 saturated heterocycles. The van der Waals surface area contributed by atoms with E-state index in [2.05, 4.69) is 200 Å². The van der Waals surface area contributed by atoms with Gasteiger partial charge in [-0.3, -0.25) is 4.98 Å². The molecule has 1 aliphatic rings. The number of para-hydroxylation sites is 2. The first-order valence-corrected chi connectivity index (χ1v) is 20.1. The van der Waals surface area contributed by atoms with Crippen LogP contribution in [0.1, 0.15) is 25.0 Å². The zero-order valence-corrected chi connectivity index (χ0v) is 32.2. The van der Waals surface area contributed by atoms with Gasteiger partial charge in [-0.1, -0.05) is 159 Å². The molecule has 0 radical (unpaired) electrons. The van der Waals surface area contributed by atoms with Crippen LogP contribution in [0.25, 0.3) is 105 Å². The Morgan fingerprint density at radius 3 is 1.62 bits per heavy atom. The van der Waals surface area contributed by atoms with E-state index < -0.39 is 0 Å². The molecule has 0 amide bonds. The average molecular weight is 740 g/mol. The van der Waals surface area contributed by atoms with Crippen molar-refractivity contribution in [2.45, 2.75) is 19.3 Å². The van der Waals surface area contributed by atoms with Gasteiger partial charge in [0.15, 0.2) is 0 Å².